The molecular formula is C52H71N7O8. The Hall–Kier alpha value is -6.12. The third-order valence-corrected chi connectivity index (χ3v) is 14.8. The van der Waals surface area contributed by atoms with E-state index in [1.54, 1.807) is 27.7 Å². The molecule has 6 rings (SSSR count). The lowest BCUT2D eigenvalue weighted by molar-refractivity contribution is -0.148. The van der Waals surface area contributed by atoms with Gasteiger partial charge in [-0.15, -0.1) is 0 Å². The smallest absolute Gasteiger partial charge is 0.407 e. The topological polar surface area (TPSA) is 211 Å². The molecule has 3 aliphatic heterocycles. The van der Waals surface area contributed by atoms with Crippen LogP contribution in [0.25, 0.3) is 0 Å². The molecule has 3 heterocycles. The van der Waals surface area contributed by atoms with E-state index in [0.717, 1.165) is 50.6 Å². The number of carboxylic acid groups (broad SMARTS) is 2. The first-order valence-corrected chi connectivity index (χ1v) is 23.7. The van der Waals surface area contributed by atoms with Crippen molar-refractivity contribution in [2.24, 2.45) is 23.3 Å². The number of likely N-dealkylation sites (tertiary alicyclic amines) is 2. The number of likely N-dealkylation sites (N-methyl/N-ethyl adjacent to an activating group) is 2. The average Bonchev–Trinajstić information content (AvgIpc) is 4.02. The number of anilines is 1. The van der Waals surface area contributed by atoms with Crippen molar-refractivity contribution in [2.75, 3.05) is 32.1 Å². The van der Waals surface area contributed by atoms with E-state index in [0.29, 0.717) is 38.8 Å². The van der Waals surface area contributed by atoms with Crippen LogP contribution < -0.4 is 16.4 Å². The standard InChI is InChI=1S/C52H71N7O8/c1-32(2)42(55(8)48(64)65)44(60)57-28-10-26-51(57,46(53)62)30-34-12-16-36(17-13-34)40-24-25-41(59(40)39-22-20-38(21-23-39)50(5,6)7)37-18-14-35(15-19-37)31-52(47(54)63)27-11-29-58(52)45(61)43(33(3)4)56(9)49(66)67/h12-23,32-33,40-43H,10-11,24-31H2,1-9H3,(H2,53,62)(H2,54,63)(H,64,65)(H,66,67)/t40?,41?,42-,43-,51-,52-/m0/s1. The Morgan fingerprint density at radius 1 is 0.627 bits per heavy atom. The van der Waals surface area contributed by atoms with E-state index >= 15 is 0 Å². The summed E-state index contributed by atoms with van der Waals surface area (Å²) in [6.45, 7) is 14.3. The summed E-state index contributed by atoms with van der Waals surface area (Å²) in [5.41, 5.74) is 15.8. The highest BCUT2D eigenvalue weighted by atomic mass is 16.4. The summed E-state index contributed by atoms with van der Waals surface area (Å²) in [5, 5.41) is 19.6. The molecule has 6 N–H and O–H groups in total. The summed E-state index contributed by atoms with van der Waals surface area (Å²) in [4.78, 5) is 86.4. The lowest BCUT2D eigenvalue weighted by Gasteiger charge is -2.40. The minimum atomic E-state index is -1.30. The highest BCUT2D eigenvalue weighted by Gasteiger charge is 2.52. The zero-order valence-corrected chi connectivity index (χ0v) is 40.7. The van der Waals surface area contributed by atoms with Crippen molar-refractivity contribution >= 4 is 41.5 Å². The monoisotopic (exact) mass is 922 g/mol. The second-order valence-electron chi connectivity index (χ2n) is 20.8. The number of amides is 6. The van der Waals surface area contributed by atoms with Crippen molar-refractivity contribution in [2.45, 2.75) is 140 Å². The van der Waals surface area contributed by atoms with Gasteiger partial charge in [0.1, 0.15) is 23.2 Å². The predicted octanol–water partition coefficient (Wildman–Crippen LogP) is 7.11. The zero-order valence-electron chi connectivity index (χ0n) is 40.7. The highest BCUT2D eigenvalue weighted by Crippen LogP contribution is 2.48. The molecule has 67 heavy (non-hydrogen) atoms. The molecule has 0 spiro atoms. The normalized spacial score (nSPS) is 22.8. The Kier molecular flexibility index (Phi) is 14.7. The van der Waals surface area contributed by atoms with E-state index in [4.69, 9.17) is 11.5 Å². The van der Waals surface area contributed by atoms with Crippen LogP contribution in [0.4, 0.5) is 15.3 Å². The number of nitrogens with zero attached hydrogens (tertiary/aromatic N) is 5. The summed E-state index contributed by atoms with van der Waals surface area (Å²) < 4.78 is 0. The van der Waals surface area contributed by atoms with Gasteiger partial charge in [-0.25, -0.2) is 9.59 Å². The van der Waals surface area contributed by atoms with Gasteiger partial charge in [-0.1, -0.05) is 109 Å². The van der Waals surface area contributed by atoms with Gasteiger partial charge in [-0.05, 0) is 95.7 Å². The zero-order chi connectivity index (χ0) is 49.3. The van der Waals surface area contributed by atoms with Gasteiger partial charge in [0, 0.05) is 45.7 Å². The molecule has 0 radical (unpaired) electrons. The maximum atomic E-state index is 14.1. The van der Waals surface area contributed by atoms with Crippen molar-refractivity contribution in [3.8, 4) is 0 Å². The molecule has 6 amide bonds. The van der Waals surface area contributed by atoms with Crippen LogP contribution in [0.1, 0.15) is 127 Å². The number of hydrogen-bond acceptors (Lipinski definition) is 7. The van der Waals surface area contributed by atoms with E-state index < -0.39 is 59.0 Å². The fourth-order valence-electron chi connectivity index (χ4n) is 11.2. The van der Waals surface area contributed by atoms with E-state index in [1.165, 1.54) is 29.5 Å². The van der Waals surface area contributed by atoms with Crippen LogP contribution in [0.2, 0.25) is 0 Å². The minimum Gasteiger partial charge on any atom is -0.465 e. The van der Waals surface area contributed by atoms with Gasteiger partial charge in [-0.3, -0.25) is 29.0 Å². The summed E-state index contributed by atoms with van der Waals surface area (Å²) >= 11 is 0. The lowest BCUT2D eigenvalue weighted by Crippen LogP contribution is -2.62. The molecule has 15 nitrogen and oxygen atoms in total. The van der Waals surface area contributed by atoms with Crippen molar-refractivity contribution in [1.82, 2.24) is 19.6 Å². The van der Waals surface area contributed by atoms with Gasteiger partial charge in [0.05, 0.1) is 12.1 Å². The third kappa shape index (κ3) is 9.83. The van der Waals surface area contributed by atoms with E-state index in [9.17, 15) is 39.0 Å². The van der Waals surface area contributed by atoms with Gasteiger partial charge in [0.15, 0.2) is 0 Å². The molecule has 3 aromatic carbocycles. The fourth-order valence-corrected chi connectivity index (χ4v) is 11.2. The van der Waals surface area contributed by atoms with E-state index in [2.05, 4.69) is 74.2 Å². The summed E-state index contributed by atoms with van der Waals surface area (Å²) in [6, 6.07) is 23.1. The highest BCUT2D eigenvalue weighted by molar-refractivity contribution is 5.95. The maximum absolute atomic E-state index is 14.1. The van der Waals surface area contributed by atoms with Crippen LogP contribution in [-0.4, -0.2) is 116 Å². The fraction of sp³-hybridized carbons (Fsp3) is 0.538. The van der Waals surface area contributed by atoms with Crippen LogP contribution in [0.3, 0.4) is 0 Å². The number of primary amides is 2. The summed E-state index contributed by atoms with van der Waals surface area (Å²) in [6.07, 6.45) is 1.54. The molecule has 3 aromatic rings. The number of hydrogen-bond donors (Lipinski definition) is 4. The van der Waals surface area contributed by atoms with Gasteiger partial charge in [0.2, 0.25) is 23.6 Å². The van der Waals surface area contributed by atoms with Gasteiger partial charge >= 0.3 is 12.2 Å². The predicted molar refractivity (Wildman–Crippen MR) is 257 cm³/mol. The molecule has 6 atom stereocenters. The maximum Gasteiger partial charge on any atom is 0.407 e. The first kappa shape index (κ1) is 50.3. The Labute approximate surface area is 395 Å². The molecule has 3 aliphatic rings. The molecule has 3 saturated heterocycles. The second kappa shape index (κ2) is 19.6. The van der Waals surface area contributed by atoms with Crippen LogP contribution in [-0.2, 0) is 37.4 Å². The summed E-state index contributed by atoms with van der Waals surface area (Å²) in [5.74, 6) is -2.72. The van der Waals surface area contributed by atoms with Crippen LogP contribution in [0.5, 0.6) is 0 Å². The quantitative estimate of drug-likeness (QED) is 0.122. The Balaban J connectivity index is 1.29. The number of carbonyl (C=O) groups excluding carboxylic acids is 4. The van der Waals surface area contributed by atoms with Crippen LogP contribution in [0, 0.1) is 11.8 Å². The Morgan fingerprint density at radius 2 is 0.985 bits per heavy atom. The molecule has 362 valence electrons. The van der Waals surface area contributed by atoms with Gasteiger partial charge in [0.25, 0.3) is 0 Å². The van der Waals surface area contributed by atoms with E-state index in [1.807, 2.05) is 24.3 Å². The molecule has 0 aliphatic carbocycles. The largest absolute Gasteiger partial charge is 0.465 e. The molecule has 15 heteroatoms. The molecule has 0 bridgehead atoms. The van der Waals surface area contributed by atoms with Crippen molar-refractivity contribution < 1.29 is 39.0 Å². The van der Waals surface area contributed by atoms with Crippen LogP contribution in [0.15, 0.2) is 72.8 Å². The molecule has 2 unspecified atom stereocenters. The third-order valence-electron chi connectivity index (χ3n) is 14.8. The first-order valence-electron chi connectivity index (χ1n) is 23.7. The Bertz CT molecular complexity index is 2180. The van der Waals surface area contributed by atoms with Gasteiger partial charge < -0.3 is 36.4 Å². The second-order valence-corrected chi connectivity index (χ2v) is 20.8. The Morgan fingerprint density at radius 3 is 1.28 bits per heavy atom. The molecule has 0 aromatic heterocycles. The van der Waals surface area contributed by atoms with Gasteiger partial charge in [-0.2, -0.15) is 0 Å². The SMILES string of the molecule is CC(C)[C@@H](C(=O)N1CCC[C@]1(Cc1ccc(C2CCC(c3ccc(C[C@]4(C(N)=O)CCCN4C(=O)[C@H](C(C)C)N(C)C(=O)O)cc3)N2c2ccc(C(C)(C)C)cc2)cc1)C(N)=O)N(C)C(=O)O. The number of benzene rings is 3. The number of carbonyl (C=O) groups is 6. The van der Waals surface area contributed by atoms with E-state index in [-0.39, 0.29) is 42.2 Å². The average molecular weight is 922 g/mol. The molecular weight excluding hydrogens is 851 g/mol. The number of rotatable bonds is 15. The number of nitrogens with two attached hydrogens (primary N) is 2. The van der Waals surface area contributed by atoms with Crippen molar-refractivity contribution in [3.05, 3.63) is 101 Å². The molecule has 0 saturated carbocycles. The minimum absolute atomic E-state index is 0.0127. The molecule has 3 fully saturated rings. The lowest BCUT2D eigenvalue weighted by atomic mass is 9.85. The van der Waals surface area contributed by atoms with Crippen LogP contribution >= 0.6 is 0 Å². The first-order chi connectivity index (χ1) is 31.4. The van der Waals surface area contributed by atoms with Crippen molar-refractivity contribution in [1.29, 1.82) is 0 Å². The summed E-state index contributed by atoms with van der Waals surface area (Å²) in [7, 11) is 2.75. The van der Waals surface area contributed by atoms with Crippen molar-refractivity contribution in [3.63, 3.8) is 0 Å².